The minimum atomic E-state index is -1.50. The zero-order chi connectivity index (χ0) is 32.5. The number of aromatic nitrogens is 2. The zero-order valence-corrected chi connectivity index (χ0v) is 31.4. The van der Waals surface area contributed by atoms with Gasteiger partial charge in [-0.25, -0.2) is 4.39 Å². The van der Waals surface area contributed by atoms with Crippen LogP contribution in [0.4, 0.5) is 4.39 Å². The second-order valence-corrected chi connectivity index (χ2v) is 19.5. The van der Waals surface area contributed by atoms with Crippen molar-refractivity contribution in [3.8, 4) is 22.5 Å². The molecule has 0 N–H and O–H groups in total. The first-order valence-corrected chi connectivity index (χ1v) is 20.2. The summed E-state index contributed by atoms with van der Waals surface area (Å²) in [7, 11) is -1.50. The molecule has 1 aliphatic carbocycles. The Labute approximate surface area is 293 Å². The van der Waals surface area contributed by atoms with Crippen LogP contribution in [0.25, 0.3) is 42.7 Å². The number of benzene rings is 3. The van der Waals surface area contributed by atoms with Crippen molar-refractivity contribution in [2.45, 2.75) is 71.5 Å². The first kappa shape index (κ1) is 32.9. The molecule has 0 saturated heterocycles. The Hall–Kier alpha value is -3.02. The molecule has 0 atom stereocenters. The quantitative estimate of drug-likeness (QED) is 0.124. The van der Waals surface area contributed by atoms with Crippen LogP contribution in [0, 0.1) is 23.9 Å². The van der Waals surface area contributed by atoms with E-state index >= 15 is 0 Å². The standard InChI is InChI=1S/C23H19FNS.C17H22NSi.Ir/c24-18-6-8-23-20(14-18)19-13-17(5-7-22(19)26-23)21-12-16(9-10-25-21)11-15-3-1-2-4-15;1-13(2)15-11-16(14-9-7-6-8-10-14)18-12-17(15)19(3,4)5;/h6-10,12-15H,1-4,11H2;6-9,11-13H,1-5H3;/q2*-1;/i;13D;. The predicted octanol–water partition coefficient (Wildman–Crippen LogP) is 11.0. The van der Waals surface area contributed by atoms with Gasteiger partial charge in [-0.2, -0.15) is 11.3 Å². The molecule has 2 nitrogen and oxygen atoms in total. The van der Waals surface area contributed by atoms with E-state index < -0.39 is 14.0 Å². The number of hydrogen-bond acceptors (Lipinski definition) is 3. The van der Waals surface area contributed by atoms with Crippen LogP contribution in [0.2, 0.25) is 19.6 Å². The summed E-state index contributed by atoms with van der Waals surface area (Å²) in [6, 6.07) is 30.0. The van der Waals surface area contributed by atoms with E-state index in [1.807, 2.05) is 62.6 Å². The molecule has 0 spiro atoms. The Morgan fingerprint density at radius 1 is 0.913 bits per heavy atom. The maximum Gasteiger partial charge on any atom is 0.123 e. The molecule has 3 heterocycles. The first-order chi connectivity index (χ1) is 22.0. The molecular weight excluding hydrogens is 780 g/mol. The summed E-state index contributed by atoms with van der Waals surface area (Å²) in [5.41, 5.74) is 6.28. The molecule has 6 aromatic rings. The van der Waals surface area contributed by atoms with E-state index in [1.54, 1.807) is 17.4 Å². The summed E-state index contributed by atoms with van der Waals surface area (Å²) in [6.07, 6.45) is 10.5. The third kappa shape index (κ3) is 7.91. The van der Waals surface area contributed by atoms with Gasteiger partial charge in [-0.3, -0.25) is 0 Å². The van der Waals surface area contributed by atoms with E-state index in [4.69, 9.17) is 1.37 Å². The Balaban J connectivity index is 0.000000188. The van der Waals surface area contributed by atoms with Gasteiger partial charge in [-0.1, -0.05) is 87.8 Å². The van der Waals surface area contributed by atoms with Gasteiger partial charge in [0, 0.05) is 38.6 Å². The third-order valence-electron chi connectivity index (χ3n) is 8.70. The summed E-state index contributed by atoms with van der Waals surface area (Å²) < 4.78 is 24.4. The topological polar surface area (TPSA) is 25.8 Å². The predicted molar refractivity (Wildman–Crippen MR) is 193 cm³/mol. The van der Waals surface area contributed by atoms with Crippen LogP contribution < -0.4 is 5.19 Å². The van der Waals surface area contributed by atoms with Crippen LogP contribution >= 0.6 is 11.3 Å². The van der Waals surface area contributed by atoms with Crippen LogP contribution in [-0.2, 0) is 26.5 Å². The summed E-state index contributed by atoms with van der Waals surface area (Å²) in [6.45, 7) is 10.8. The normalized spacial score (nSPS) is 14.1. The van der Waals surface area contributed by atoms with Gasteiger partial charge in [0.05, 0.1) is 8.07 Å². The smallest absolute Gasteiger partial charge is 0.123 e. The Bertz CT molecular complexity index is 1970. The number of hydrogen-bond donors (Lipinski definition) is 0. The van der Waals surface area contributed by atoms with E-state index in [0.717, 1.165) is 60.6 Å². The minimum Gasteiger partial charge on any atom is -0.305 e. The number of thiophene rings is 1. The molecule has 0 amide bonds. The average Bonchev–Trinajstić information content (AvgIpc) is 3.68. The fourth-order valence-electron chi connectivity index (χ4n) is 6.30. The summed E-state index contributed by atoms with van der Waals surface area (Å²) in [5.74, 6) is 0.0194. The summed E-state index contributed by atoms with van der Waals surface area (Å²) in [4.78, 5) is 9.18. The molecule has 1 fully saturated rings. The molecule has 1 radical (unpaired) electrons. The third-order valence-corrected chi connectivity index (χ3v) is 11.8. The van der Waals surface area contributed by atoms with E-state index in [9.17, 15) is 4.39 Å². The summed E-state index contributed by atoms with van der Waals surface area (Å²) >= 11 is 1.68. The van der Waals surface area contributed by atoms with E-state index in [-0.39, 0.29) is 25.9 Å². The Kier molecular flexibility index (Phi) is 10.6. The largest absolute Gasteiger partial charge is 0.305 e. The van der Waals surface area contributed by atoms with Gasteiger partial charge >= 0.3 is 0 Å². The van der Waals surface area contributed by atoms with Crippen molar-refractivity contribution < 1.29 is 25.9 Å². The van der Waals surface area contributed by atoms with E-state index in [0.29, 0.717) is 0 Å². The molecule has 3 aromatic carbocycles. The van der Waals surface area contributed by atoms with Crippen molar-refractivity contribution in [3.05, 3.63) is 114 Å². The molecule has 46 heavy (non-hydrogen) atoms. The van der Waals surface area contributed by atoms with Gasteiger partial charge in [-0.15, -0.1) is 59.7 Å². The molecule has 1 aliphatic rings. The SMILES string of the molecule is Fc1ccc2sc3c[c-]c(-c4cc(CC5CCCC5)ccn4)cc3c2c1.[2H]C(C)(C)c1cc(-c2[c-]cccc2)ncc1[Si](C)(C)C.[Ir]. The second kappa shape index (κ2) is 14.8. The molecule has 1 saturated carbocycles. The first-order valence-electron chi connectivity index (χ1n) is 16.4. The number of fused-ring (bicyclic) bond motifs is 3. The van der Waals surface area contributed by atoms with Crippen molar-refractivity contribution in [2.75, 3.05) is 0 Å². The van der Waals surface area contributed by atoms with Crippen molar-refractivity contribution in [1.82, 2.24) is 9.97 Å². The number of pyridine rings is 2. The second-order valence-electron chi connectivity index (χ2n) is 13.4. The van der Waals surface area contributed by atoms with Gasteiger partial charge in [0.15, 0.2) is 0 Å². The van der Waals surface area contributed by atoms with Crippen LogP contribution in [0.3, 0.4) is 0 Å². The number of rotatable bonds is 6. The van der Waals surface area contributed by atoms with Crippen molar-refractivity contribution in [3.63, 3.8) is 0 Å². The molecule has 239 valence electrons. The minimum absolute atomic E-state index is 0. The van der Waals surface area contributed by atoms with E-state index in [1.165, 1.54) is 42.5 Å². The van der Waals surface area contributed by atoms with E-state index in [2.05, 4.69) is 66.0 Å². The summed E-state index contributed by atoms with van der Waals surface area (Å²) in [5, 5.41) is 3.33. The number of nitrogens with zero attached hydrogens (tertiary/aromatic N) is 2. The Morgan fingerprint density at radius 2 is 1.67 bits per heavy atom. The Morgan fingerprint density at radius 3 is 2.39 bits per heavy atom. The van der Waals surface area contributed by atoms with Gasteiger partial charge < -0.3 is 9.97 Å². The number of halogens is 1. The van der Waals surface area contributed by atoms with Crippen LogP contribution in [-0.4, -0.2) is 18.0 Å². The fraction of sp³-hybridized carbons (Fsp3) is 0.300. The van der Waals surface area contributed by atoms with Crippen molar-refractivity contribution >= 4 is 44.8 Å². The molecule has 0 aliphatic heterocycles. The molecule has 6 heteroatoms. The molecule has 7 rings (SSSR count). The van der Waals surface area contributed by atoms with Crippen molar-refractivity contribution in [1.29, 1.82) is 0 Å². The molecule has 0 unspecified atom stereocenters. The zero-order valence-electron chi connectivity index (χ0n) is 28.2. The van der Waals surface area contributed by atoms with Crippen molar-refractivity contribution in [2.24, 2.45) is 5.92 Å². The van der Waals surface area contributed by atoms with Gasteiger partial charge in [0.25, 0.3) is 0 Å². The monoisotopic (exact) mass is 822 g/mol. The molecular formula is C40H41FIrN2SSi-2. The van der Waals surface area contributed by atoms with Gasteiger partial charge in [0.1, 0.15) is 5.82 Å². The van der Waals surface area contributed by atoms with Crippen LogP contribution in [0.5, 0.6) is 0 Å². The maximum absolute atomic E-state index is 13.7. The van der Waals surface area contributed by atoms with Crippen LogP contribution in [0.15, 0.2) is 85.2 Å². The maximum atomic E-state index is 13.7. The molecule has 0 bridgehead atoms. The average molecular weight is 822 g/mol. The van der Waals surface area contributed by atoms with Gasteiger partial charge in [0.2, 0.25) is 0 Å². The fourth-order valence-corrected chi connectivity index (χ4v) is 8.93. The molecule has 3 aromatic heterocycles. The van der Waals surface area contributed by atoms with Crippen LogP contribution in [0.1, 0.15) is 57.9 Å². The van der Waals surface area contributed by atoms with Gasteiger partial charge in [-0.05, 0) is 69.2 Å².